The van der Waals surface area contributed by atoms with Crippen LogP contribution in [-0.2, 0) is 6.54 Å². The minimum Gasteiger partial charge on any atom is -0.305 e. The topological polar surface area (TPSA) is 24.9 Å². The standard InChI is InChI=1S/C15H19ClN2S/c1-9-7-14(16)6-5-13(9)8-17-10(2)15-11(3)18-12(4)19-15/h5-7,10,17H,8H2,1-4H3. The van der Waals surface area contributed by atoms with E-state index in [0.717, 1.165) is 22.3 Å². The third-order valence-electron chi connectivity index (χ3n) is 3.24. The Balaban J connectivity index is 2.04. The molecule has 0 fully saturated rings. The van der Waals surface area contributed by atoms with Crippen LogP contribution < -0.4 is 5.32 Å². The molecule has 0 bridgehead atoms. The number of thiazole rings is 1. The van der Waals surface area contributed by atoms with Crippen molar-refractivity contribution >= 4 is 22.9 Å². The van der Waals surface area contributed by atoms with E-state index in [1.54, 1.807) is 11.3 Å². The minimum atomic E-state index is 0.321. The lowest BCUT2D eigenvalue weighted by atomic mass is 10.1. The predicted octanol–water partition coefficient (Wildman–Crippen LogP) is 4.57. The molecule has 102 valence electrons. The predicted molar refractivity (Wildman–Crippen MR) is 83.0 cm³/mol. The summed E-state index contributed by atoms with van der Waals surface area (Å²) in [6.45, 7) is 9.25. The Labute approximate surface area is 123 Å². The lowest BCUT2D eigenvalue weighted by Gasteiger charge is -2.14. The van der Waals surface area contributed by atoms with Crippen molar-refractivity contribution in [2.24, 2.45) is 0 Å². The largest absolute Gasteiger partial charge is 0.305 e. The van der Waals surface area contributed by atoms with Gasteiger partial charge in [-0.15, -0.1) is 11.3 Å². The maximum atomic E-state index is 5.97. The van der Waals surface area contributed by atoms with Crippen LogP contribution in [0.5, 0.6) is 0 Å². The van der Waals surface area contributed by atoms with Gasteiger partial charge in [-0.2, -0.15) is 0 Å². The second kappa shape index (κ2) is 6.04. The number of aromatic nitrogens is 1. The zero-order valence-electron chi connectivity index (χ0n) is 11.7. The highest BCUT2D eigenvalue weighted by atomic mass is 35.5. The highest BCUT2D eigenvalue weighted by Gasteiger charge is 2.12. The van der Waals surface area contributed by atoms with E-state index in [0.29, 0.717) is 6.04 Å². The van der Waals surface area contributed by atoms with Gasteiger partial charge in [-0.25, -0.2) is 4.98 Å². The van der Waals surface area contributed by atoms with E-state index >= 15 is 0 Å². The summed E-state index contributed by atoms with van der Waals surface area (Å²) in [5.74, 6) is 0. The molecule has 2 aromatic rings. The summed E-state index contributed by atoms with van der Waals surface area (Å²) in [6.07, 6.45) is 0. The molecule has 1 heterocycles. The first-order chi connectivity index (χ1) is 8.97. The number of rotatable bonds is 4. The van der Waals surface area contributed by atoms with Crippen LogP contribution in [0, 0.1) is 20.8 Å². The maximum absolute atomic E-state index is 5.97. The number of aryl methyl sites for hydroxylation is 3. The van der Waals surface area contributed by atoms with E-state index < -0.39 is 0 Å². The quantitative estimate of drug-likeness (QED) is 0.893. The third kappa shape index (κ3) is 3.56. The number of hydrogen-bond acceptors (Lipinski definition) is 3. The first-order valence-electron chi connectivity index (χ1n) is 6.39. The Hall–Kier alpha value is -0.900. The van der Waals surface area contributed by atoms with Crippen LogP contribution in [0.15, 0.2) is 18.2 Å². The van der Waals surface area contributed by atoms with Gasteiger partial charge < -0.3 is 5.32 Å². The molecule has 19 heavy (non-hydrogen) atoms. The monoisotopic (exact) mass is 294 g/mol. The van der Waals surface area contributed by atoms with Crippen LogP contribution in [0.4, 0.5) is 0 Å². The number of halogens is 1. The van der Waals surface area contributed by atoms with Crippen LogP contribution in [0.1, 0.15) is 39.7 Å². The highest BCUT2D eigenvalue weighted by Crippen LogP contribution is 2.25. The SMILES string of the molecule is Cc1nc(C)c(C(C)NCc2ccc(Cl)cc2C)s1. The Kier molecular flexibility index (Phi) is 4.61. The Morgan fingerprint density at radius 3 is 2.63 bits per heavy atom. The average Bonchev–Trinajstić information content (AvgIpc) is 2.67. The van der Waals surface area contributed by atoms with Crippen molar-refractivity contribution in [2.75, 3.05) is 0 Å². The zero-order chi connectivity index (χ0) is 14.0. The molecular formula is C15H19ClN2S. The highest BCUT2D eigenvalue weighted by molar-refractivity contribution is 7.11. The molecule has 1 aromatic heterocycles. The molecule has 0 saturated heterocycles. The second-order valence-corrected chi connectivity index (χ2v) is 6.53. The average molecular weight is 295 g/mol. The summed E-state index contributed by atoms with van der Waals surface area (Å²) >= 11 is 7.74. The van der Waals surface area contributed by atoms with Gasteiger partial charge in [0.1, 0.15) is 0 Å². The molecule has 0 radical (unpaired) electrons. The molecule has 0 aliphatic rings. The Morgan fingerprint density at radius 1 is 1.32 bits per heavy atom. The van der Waals surface area contributed by atoms with Crippen molar-refractivity contribution in [3.8, 4) is 0 Å². The summed E-state index contributed by atoms with van der Waals surface area (Å²) in [5.41, 5.74) is 3.65. The summed E-state index contributed by atoms with van der Waals surface area (Å²) in [7, 11) is 0. The van der Waals surface area contributed by atoms with Crippen molar-refractivity contribution in [3.63, 3.8) is 0 Å². The summed E-state index contributed by atoms with van der Waals surface area (Å²) in [4.78, 5) is 5.80. The van der Waals surface area contributed by atoms with Gasteiger partial charge in [-0.3, -0.25) is 0 Å². The fourth-order valence-corrected chi connectivity index (χ4v) is 3.34. The first kappa shape index (κ1) is 14.5. The zero-order valence-corrected chi connectivity index (χ0v) is 13.3. The van der Waals surface area contributed by atoms with Gasteiger partial charge in [0.05, 0.1) is 10.7 Å². The van der Waals surface area contributed by atoms with Crippen molar-refractivity contribution < 1.29 is 0 Å². The molecule has 1 N–H and O–H groups in total. The van der Waals surface area contributed by atoms with Crippen LogP contribution in [0.2, 0.25) is 5.02 Å². The van der Waals surface area contributed by atoms with Gasteiger partial charge in [0, 0.05) is 22.5 Å². The summed E-state index contributed by atoms with van der Waals surface area (Å²) < 4.78 is 0. The molecule has 0 amide bonds. The Bertz CT molecular complexity index is 578. The fourth-order valence-electron chi connectivity index (χ4n) is 2.16. The third-order valence-corrected chi connectivity index (χ3v) is 4.73. The first-order valence-corrected chi connectivity index (χ1v) is 7.59. The molecule has 2 nitrogen and oxygen atoms in total. The lowest BCUT2D eigenvalue weighted by molar-refractivity contribution is 0.578. The summed E-state index contributed by atoms with van der Waals surface area (Å²) in [6, 6.07) is 6.35. The van der Waals surface area contributed by atoms with Gasteiger partial charge in [0.15, 0.2) is 0 Å². The second-order valence-electron chi connectivity index (χ2n) is 4.86. The smallest absolute Gasteiger partial charge is 0.0900 e. The number of benzene rings is 1. The fraction of sp³-hybridized carbons (Fsp3) is 0.400. The molecule has 1 unspecified atom stereocenters. The number of nitrogens with zero attached hydrogens (tertiary/aromatic N) is 1. The van der Waals surface area contributed by atoms with Crippen molar-refractivity contribution in [1.82, 2.24) is 10.3 Å². The van der Waals surface area contributed by atoms with Crippen molar-refractivity contribution in [1.29, 1.82) is 0 Å². The van der Waals surface area contributed by atoms with Crippen LogP contribution in [0.25, 0.3) is 0 Å². The van der Waals surface area contributed by atoms with Crippen LogP contribution >= 0.6 is 22.9 Å². The summed E-state index contributed by atoms with van der Waals surface area (Å²) in [5, 5.41) is 5.48. The van der Waals surface area contributed by atoms with Crippen LogP contribution in [0.3, 0.4) is 0 Å². The molecule has 4 heteroatoms. The molecule has 0 aliphatic carbocycles. The Morgan fingerprint density at radius 2 is 2.05 bits per heavy atom. The van der Waals surface area contributed by atoms with Gasteiger partial charge in [-0.1, -0.05) is 17.7 Å². The normalized spacial score (nSPS) is 12.7. The molecule has 1 aromatic carbocycles. The van der Waals surface area contributed by atoms with E-state index in [9.17, 15) is 0 Å². The van der Waals surface area contributed by atoms with E-state index in [4.69, 9.17) is 11.6 Å². The molecule has 2 rings (SSSR count). The van der Waals surface area contributed by atoms with Gasteiger partial charge >= 0.3 is 0 Å². The molecule has 0 aliphatic heterocycles. The van der Waals surface area contributed by atoms with Crippen LogP contribution in [-0.4, -0.2) is 4.98 Å². The number of nitrogens with one attached hydrogen (secondary N) is 1. The number of hydrogen-bond donors (Lipinski definition) is 1. The van der Waals surface area contributed by atoms with Crippen molar-refractivity contribution in [3.05, 3.63) is 49.9 Å². The van der Waals surface area contributed by atoms with E-state index in [-0.39, 0.29) is 0 Å². The van der Waals surface area contributed by atoms with Crippen molar-refractivity contribution in [2.45, 2.75) is 40.3 Å². The minimum absolute atomic E-state index is 0.321. The molecule has 0 saturated carbocycles. The van der Waals surface area contributed by atoms with E-state index in [1.807, 2.05) is 12.1 Å². The molecular weight excluding hydrogens is 276 g/mol. The van der Waals surface area contributed by atoms with Gasteiger partial charge in [0.25, 0.3) is 0 Å². The molecule has 1 atom stereocenters. The maximum Gasteiger partial charge on any atom is 0.0900 e. The van der Waals surface area contributed by atoms with Gasteiger partial charge in [0.2, 0.25) is 0 Å². The molecule has 0 spiro atoms. The van der Waals surface area contributed by atoms with Gasteiger partial charge in [-0.05, 0) is 51.0 Å². The van der Waals surface area contributed by atoms with E-state index in [1.165, 1.54) is 16.0 Å². The lowest BCUT2D eigenvalue weighted by Crippen LogP contribution is -2.18. The van der Waals surface area contributed by atoms with E-state index in [2.05, 4.69) is 44.1 Å².